The number of methoxy groups -OCH3 is 1. The number of aliphatic carboxylic acids is 1. The summed E-state index contributed by atoms with van der Waals surface area (Å²) < 4.78 is 18.2. The summed E-state index contributed by atoms with van der Waals surface area (Å²) in [5.74, 6) is -2.68. The number of carbonyl (C=O) groups excluding carboxylic acids is 1. The molecule has 0 aromatic heterocycles. The van der Waals surface area contributed by atoms with Crippen LogP contribution in [0.15, 0.2) is 22.7 Å². The van der Waals surface area contributed by atoms with E-state index in [0.717, 1.165) is 7.11 Å². The predicted octanol–water partition coefficient (Wildman–Crippen LogP) is 2.39. The van der Waals surface area contributed by atoms with Gasteiger partial charge in [-0.3, -0.25) is 9.59 Å². The fourth-order valence-corrected chi connectivity index (χ4v) is 2.09. The van der Waals surface area contributed by atoms with Gasteiger partial charge in [0.15, 0.2) is 5.41 Å². The Balaban J connectivity index is 3.11. The number of hydrogen-bond donors (Lipinski definition) is 1. The van der Waals surface area contributed by atoms with E-state index in [2.05, 4.69) is 20.7 Å². The van der Waals surface area contributed by atoms with Crippen LogP contribution < -0.4 is 0 Å². The zero-order chi connectivity index (χ0) is 13.9. The van der Waals surface area contributed by atoms with Crippen molar-refractivity contribution in [3.05, 3.63) is 34.1 Å². The molecular weight excluding hydrogens is 307 g/mol. The Kier molecular flexibility index (Phi) is 4.45. The average molecular weight is 319 g/mol. The normalized spacial score (nSPS) is 13.8. The molecule has 18 heavy (non-hydrogen) atoms. The topological polar surface area (TPSA) is 63.6 Å². The summed E-state index contributed by atoms with van der Waals surface area (Å²) in [6, 6.07) is 4.00. The van der Waals surface area contributed by atoms with Gasteiger partial charge in [0, 0.05) is 4.47 Å². The van der Waals surface area contributed by atoms with Gasteiger partial charge < -0.3 is 9.84 Å². The fourth-order valence-electron chi connectivity index (χ4n) is 1.58. The Morgan fingerprint density at radius 1 is 1.44 bits per heavy atom. The maximum atomic E-state index is 13.2. The first-order valence-electron chi connectivity index (χ1n) is 5.06. The summed E-state index contributed by atoms with van der Waals surface area (Å²) in [5, 5.41) is 9.13. The van der Waals surface area contributed by atoms with E-state index in [4.69, 9.17) is 5.11 Å². The molecule has 0 bridgehead atoms. The third-order valence-corrected chi connectivity index (χ3v) is 3.05. The fraction of sp³-hybridized carbons (Fsp3) is 0.333. The SMILES string of the molecule is COC(=O)C(C)(Cc1cc(F)cc(Br)c1)C(=O)O. The lowest BCUT2D eigenvalue weighted by molar-refractivity contribution is -0.165. The summed E-state index contributed by atoms with van der Waals surface area (Å²) in [6.45, 7) is 1.25. The van der Waals surface area contributed by atoms with Gasteiger partial charge in [-0.15, -0.1) is 0 Å². The Hall–Kier alpha value is -1.43. The first-order chi connectivity index (χ1) is 8.29. The molecule has 0 aliphatic heterocycles. The van der Waals surface area contributed by atoms with E-state index in [1.165, 1.54) is 19.1 Å². The van der Waals surface area contributed by atoms with Crippen molar-refractivity contribution in [3.8, 4) is 0 Å². The summed E-state index contributed by atoms with van der Waals surface area (Å²) >= 11 is 3.11. The van der Waals surface area contributed by atoms with Gasteiger partial charge in [0.05, 0.1) is 7.11 Å². The second-order valence-electron chi connectivity index (χ2n) is 4.08. The summed E-state index contributed by atoms with van der Waals surface area (Å²) in [6.07, 6.45) is -0.147. The first kappa shape index (κ1) is 14.6. The van der Waals surface area contributed by atoms with Crippen LogP contribution in [0.4, 0.5) is 4.39 Å². The minimum atomic E-state index is -1.73. The summed E-state index contributed by atoms with van der Waals surface area (Å²) in [5.41, 5.74) is -1.33. The molecule has 0 amide bonds. The van der Waals surface area contributed by atoms with Crippen molar-refractivity contribution >= 4 is 27.9 Å². The third-order valence-electron chi connectivity index (χ3n) is 2.59. The lowest BCUT2D eigenvalue weighted by atomic mass is 9.83. The number of carboxylic acids is 1. The van der Waals surface area contributed by atoms with E-state index in [9.17, 15) is 14.0 Å². The van der Waals surface area contributed by atoms with Crippen LogP contribution in [0.3, 0.4) is 0 Å². The third kappa shape index (κ3) is 3.07. The van der Waals surface area contributed by atoms with Gasteiger partial charge >= 0.3 is 11.9 Å². The molecule has 0 spiro atoms. The number of benzene rings is 1. The quantitative estimate of drug-likeness (QED) is 0.684. The van der Waals surface area contributed by atoms with E-state index in [0.29, 0.717) is 10.0 Å². The second kappa shape index (κ2) is 5.48. The average Bonchev–Trinajstić information content (AvgIpc) is 2.25. The van der Waals surface area contributed by atoms with Gasteiger partial charge in [-0.2, -0.15) is 0 Å². The van der Waals surface area contributed by atoms with Crippen LogP contribution in [0.25, 0.3) is 0 Å². The number of rotatable bonds is 4. The van der Waals surface area contributed by atoms with Gasteiger partial charge in [-0.1, -0.05) is 15.9 Å². The molecule has 1 unspecified atom stereocenters. The van der Waals surface area contributed by atoms with Crippen molar-refractivity contribution < 1.29 is 23.8 Å². The van der Waals surface area contributed by atoms with Crippen LogP contribution >= 0.6 is 15.9 Å². The highest BCUT2D eigenvalue weighted by molar-refractivity contribution is 9.10. The molecule has 1 rings (SSSR count). The molecular formula is C12H12BrFO4. The Labute approximate surface area is 112 Å². The van der Waals surface area contributed by atoms with Crippen molar-refractivity contribution in [1.29, 1.82) is 0 Å². The van der Waals surface area contributed by atoms with Crippen LogP contribution in [0.5, 0.6) is 0 Å². The Morgan fingerprint density at radius 2 is 2.06 bits per heavy atom. The molecule has 1 atom stereocenters. The van der Waals surface area contributed by atoms with Crippen LogP contribution in [0.2, 0.25) is 0 Å². The second-order valence-corrected chi connectivity index (χ2v) is 5.00. The molecule has 0 fully saturated rings. The van der Waals surface area contributed by atoms with E-state index in [-0.39, 0.29) is 6.42 Å². The molecule has 6 heteroatoms. The van der Waals surface area contributed by atoms with Gasteiger partial charge in [-0.25, -0.2) is 4.39 Å². The van der Waals surface area contributed by atoms with E-state index < -0.39 is 23.2 Å². The molecule has 0 saturated carbocycles. The number of esters is 1. The maximum Gasteiger partial charge on any atom is 0.323 e. The van der Waals surface area contributed by atoms with E-state index in [1.54, 1.807) is 6.07 Å². The molecule has 0 heterocycles. The summed E-state index contributed by atoms with van der Waals surface area (Å²) in [4.78, 5) is 22.7. The van der Waals surface area contributed by atoms with Crippen molar-refractivity contribution in [1.82, 2.24) is 0 Å². The first-order valence-corrected chi connectivity index (χ1v) is 5.85. The lowest BCUT2D eigenvalue weighted by Gasteiger charge is -2.21. The monoisotopic (exact) mass is 318 g/mol. The van der Waals surface area contributed by atoms with Gasteiger partial charge in [0.1, 0.15) is 5.82 Å². The minimum Gasteiger partial charge on any atom is -0.480 e. The van der Waals surface area contributed by atoms with Crippen molar-refractivity contribution in [2.75, 3.05) is 7.11 Å². The van der Waals surface area contributed by atoms with Crippen LogP contribution in [-0.4, -0.2) is 24.2 Å². The number of carbonyl (C=O) groups is 2. The standard InChI is InChI=1S/C12H12BrFO4/c1-12(10(15)16,11(17)18-2)6-7-3-8(13)5-9(14)4-7/h3-5H,6H2,1-2H3,(H,15,16). The highest BCUT2D eigenvalue weighted by atomic mass is 79.9. The van der Waals surface area contributed by atoms with E-state index >= 15 is 0 Å². The van der Waals surface area contributed by atoms with E-state index in [1.807, 2.05) is 0 Å². The molecule has 0 aliphatic rings. The highest BCUT2D eigenvalue weighted by Gasteiger charge is 2.42. The maximum absolute atomic E-state index is 13.2. The molecule has 0 radical (unpaired) electrons. The molecule has 0 saturated heterocycles. The predicted molar refractivity (Wildman–Crippen MR) is 65.6 cm³/mol. The summed E-state index contributed by atoms with van der Waals surface area (Å²) in [7, 11) is 1.12. The molecule has 1 aromatic carbocycles. The lowest BCUT2D eigenvalue weighted by Crippen LogP contribution is -2.39. The zero-order valence-corrected chi connectivity index (χ0v) is 11.5. The largest absolute Gasteiger partial charge is 0.480 e. The van der Waals surface area contributed by atoms with Crippen LogP contribution in [0.1, 0.15) is 12.5 Å². The van der Waals surface area contributed by atoms with Gasteiger partial charge in [-0.05, 0) is 37.1 Å². The minimum absolute atomic E-state index is 0.147. The van der Waals surface area contributed by atoms with Crippen molar-refractivity contribution in [2.45, 2.75) is 13.3 Å². The van der Waals surface area contributed by atoms with Gasteiger partial charge in [0.25, 0.3) is 0 Å². The number of ether oxygens (including phenoxy) is 1. The zero-order valence-electron chi connectivity index (χ0n) is 9.87. The Morgan fingerprint density at radius 3 is 2.50 bits per heavy atom. The molecule has 1 N–H and O–H groups in total. The molecule has 4 nitrogen and oxygen atoms in total. The van der Waals surface area contributed by atoms with Crippen molar-refractivity contribution in [3.63, 3.8) is 0 Å². The Bertz CT molecular complexity index is 469. The van der Waals surface area contributed by atoms with Crippen molar-refractivity contribution in [2.24, 2.45) is 5.41 Å². The number of halogens is 2. The molecule has 0 aliphatic carbocycles. The number of hydrogen-bond acceptors (Lipinski definition) is 3. The molecule has 1 aromatic rings. The van der Waals surface area contributed by atoms with Gasteiger partial charge in [0.2, 0.25) is 0 Å². The smallest absolute Gasteiger partial charge is 0.323 e. The van der Waals surface area contributed by atoms with Crippen LogP contribution in [0, 0.1) is 11.2 Å². The number of carboxylic acid groups (broad SMARTS) is 1. The van der Waals surface area contributed by atoms with Crippen LogP contribution in [-0.2, 0) is 20.7 Å². The molecule has 98 valence electrons. The highest BCUT2D eigenvalue weighted by Crippen LogP contribution is 2.27.